The Labute approximate surface area is 187 Å². The third kappa shape index (κ3) is 5.83. The molecule has 0 fully saturated rings. The summed E-state index contributed by atoms with van der Waals surface area (Å²) in [6.07, 6.45) is 6.03. The number of unbranched alkanes of at least 4 members (excludes halogenated alkanes) is 2. The first kappa shape index (κ1) is 23.2. The summed E-state index contributed by atoms with van der Waals surface area (Å²) in [5.41, 5.74) is 2.37. The highest BCUT2D eigenvalue weighted by Gasteiger charge is 2.32. The summed E-state index contributed by atoms with van der Waals surface area (Å²) in [5.74, 6) is -1.34. The van der Waals surface area contributed by atoms with Gasteiger partial charge in [-0.3, -0.25) is 4.79 Å². The van der Waals surface area contributed by atoms with Gasteiger partial charge in [0.15, 0.2) is 11.5 Å². The normalized spacial score (nSPS) is 17.4. The maximum absolute atomic E-state index is 12.2. The van der Waals surface area contributed by atoms with Crippen LogP contribution in [-0.2, 0) is 11.2 Å². The first-order chi connectivity index (χ1) is 14.9. The number of aliphatic hydroxyl groups excluding tert-OH is 2. The quantitative estimate of drug-likeness (QED) is 0.374. The zero-order valence-electron chi connectivity index (χ0n) is 17.8. The molecule has 31 heavy (non-hydrogen) atoms. The number of allylic oxidation sites excluding steroid dienone is 2. The van der Waals surface area contributed by atoms with E-state index in [2.05, 4.69) is 6.92 Å². The van der Waals surface area contributed by atoms with Crippen molar-refractivity contribution in [3.63, 3.8) is 0 Å². The molecule has 0 amide bonds. The number of carbonyl (C=O) groups excluding carboxylic acids is 1. The van der Waals surface area contributed by atoms with Crippen LogP contribution in [0.5, 0.6) is 0 Å². The third-order valence-corrected chi connectivity index (χ3v) is 7.03. The fourth-order valence-corrected chi connectivity index (χ4v) is 5.06. The SMILES string of the molecule is CCCCCC(O)c1ccc(C2=C(O)C(=O)CC2CCCc2ccc(C(=O)O)s2)cc1. The molecule has 6 heteroatoms. The second kappa shape index (κ2) is 10.7. The first-order valence-electron chi connectivity index (χ1n) is 11.0. The van der Waals surface area contributed by atoms with E-state index in [1.54, 1.807) is 6.07 Å². The van der Waals surface area contributed by atoms with Crippen LogP contribution in [0.15, 0.2) is 42.2 Å². The molecule has 0 saturated heterocycles. The molecule has 3 N–H and O–H groups in total. The van der Waals surface area contributed by atoms with Crippen molar-refractivity contribution >= 4 is 28.7 Å². The molecule has 0 bridgehead atoms. The van der Waals surface area contributed by atoms with Crippen molar-refractivity contribution in [1.29, 1.82) is 0 Å². The van der Waals surface area contributed by atoms with Gasteiger partial charge in [0, 0.05) is 16.9 Å². The van der Waals surface area contributed by atoms with E-state index < -0.39 is 12.1 Å². The summed E-state index contributed by atoms with van der Waals surface area (Å²) in [4.78, 5) is 24.6. The molecule has 1 aromatic heterocycles. The fourth-order valence-electron chi connectivity index (χ4n) is 4.17. The zero-order chi connectivity index (χ0) is 22.4. The molecule has 0 saturated carbocycles. The van der Waals surface area contributed by atoms with E-state index in [4.69, 9.17) is 5.11 Å². The summed E-state index contributed by atoms with van der Waals surface area (Å²) in [6, 6.07) is 11.0. The number of rotatable bonds is 11. The lowest BCUT2D eigenvalue weighted by atomic mass is 9.89. The molecule has 1 heterocycles. The van der Waals surface area contributed by atoms with E-state index in [9.17, 15) is 19.8 Å². The number of ketones is 1. The number of thiophene rings is 1. The van der Waals surface area contributed by atoms with Crippen LogP contribution in [0.3, 0.4) is 0 Å². The van der Waals surface area contributed by atoms with E-state index >= 15 is 0 Å². The molecule has 1 aliphatic carbocycles. The molecule has 5 nitrogen and oxygen atoms in total. The maximum Gasteiger partial charge on any atom is 0.345 e. The smallest absolute Gasteiger partial charge is 0.345 e. The lowest BCUT2D eigenvalue weighted by Crippen LogP contribution is -2.02. The van der Waals surface area contributed by atoms with Gasteiger partial charge < -0.3 is 15.3 Å². The van der Waals surface area contributed by atoms with Crippen molar-refractivity contribution in [2.24, 2.45) is 5.92 Å². The summed E-state index contributed by atoms with van der Waals surface area (Å²) in [7, 11) is 0. The predicted octanol–water partition coefficient (Wildman–Crippen LogP) is 5.94. The van der Waals surface area contributed by atoms with Crippen molar-refractivity contribution in [3.8, 4) is 0 Å². The van der Waals surface area contributed by atoms with Gasteiger partial charge in [0.2, 0.25) is 0 Å². The number of hydrogen-bond acceptors (Lipinski definition) is 5. The Morgan fingerprint density at radius 1 is 1.13 bits per heavy atom. The van der Waals surface area contributed by atoms with Crippen molar-refractivity contribution in [1.82, 2.24) is 0 Å². The summed E-state index contributed by atoms with van der Waals surface area (Å²) >= 11 is 1.28. The molecular weight excluding hydrogens is 412 g/mol. The van der Waals surface area contributed by atoms with Gasteiger partial charge in [0.1, 0.15) is 4.88 Å². The van der Waals surface area contributed by atoms with Gasteiger partial charge in [-0.1, -0.05) is 50.5 Å². The highest BCUT2D eigenvalue weighted by molar-refractivity contribution is 7.13. The van der Waals surface area contributed by atoms with Crippen LogP contribution in [0.25, 0.3) is 5.57 Å². The third-order valence-electron chi connectivity index (χ3n) is 5.90. The van der Waals surface area contributed by atoms with E-state index in [-0.39, 0.29) is 17.5 Å². The van der Waals surface area contributed by atoms with Crippen LogP contribution >= 0.6 is 11.3 Å². The van der Waals surface area contributed by atoms with Crippen molar-refractivity contribution in [3.05, 3.63) is 63.0 Å². The van der Waals surface area contributed by atoms with Crippen LogP contribution in [0.1, 0.15) is 83.6 Å². The highest BCUT2D eigenvalue weighted by Crippen LogP contribution is 2.39. The average Bonchev–Trinajstić information content (AvgIpc) is 3.33. The minimum Gasteiger partial charge on any atom is -0.504 e. The van der Waals surface area contributed by atoms with Gasteiger partial charge in [0.25, 0.3) is 0 Å². The van der Waals surface area contributed by atoms with Crippen LogP contribution in [0, 0.1) is 5.92 Å². The lowest BCUT2D eigenvalue weighted by molar-refractivity contribution is -0.117. The van der Waals surface area contributed by atoms with Crippen molar-refractivity contribution in [2.75, 3.05) is 0 Å². The first-order valence-corrected chi connectivity index (χ1v) is 11.8. The number of aliphatic hydroxyl groups is 2. The minimum atomic E-state index is -0.910. The average molecular weight is 443 g/mol. The van der Waals surface area contributed by atoms with Crippen LogP contribution in [0.2, 0.25) is 0 Å². The van der Waals surface area contributed by atoms with E-state index in [0.29, 0.717) is 16.9 Å². The Hall–Kier alpha value is -2.44. The monoisotopic (exact) mass is 442 g/mol. The maximum atomic E-state index is 12.2. The molecule has 2 aromatic rings. The van der Waals surface area contributed by atoms with E-state index in [1.165, 1.54) is 11.3 Å². The largest absolute Gasteiger partial charge is 0.504 e. The minimum absolute atomic E-state index is 0.0493. The molecule has 1 aliphatic rings. The second-order valence-corrected chi connectivity index (χ2v) is 9.35. The zero-order valence-corrected chi connectivity index (χ0v) is 18.7. The predicted molar refractivity (Wildman–Crippen MR) is 122 cm³/mol. The van der Waals surface area contributed by atoms with Crippen LogP contribution in [-0.4, -0.2) is 27.1 Å². The Bertz CT molecular complexity index is 941. The number of benzene rings is 1. The van der Waals surface area contributed by atoms with Crippen LogP contribution in [0.4, 0.5) is 0 Å². The number of aromatic carboxylic acids is 1. The topological polar surface area (TPSA) is 94.8 Å². The molecule has 2 unspecified atom stereocenters. The Balaban J connectivity index is 1.63. The van der Waals surface area contributed by atoms with E-state index in [0.717, 1.165) is 60.9 Å². The van der Waals surface area contributed by atoms with Crippen molar-refractivity contribution in [2.45, 2.75) is 64.4 Å². The fraction of sp³-hybridized carbons (Fsp3) is 0.440. The molecule has 0 radical (unpaired) electrons. The van der Waals surface area contributed by atoms with E-state index in [1.807, 2.05) is 30.3 Å². The van der Waals surface area contributed by atoms with Gasteiger partial charge in [0.05, 0.1) is 6.10 Å². The molecule has 0 aliphatic heterocycles. The number of carbonyl (C=O) groups is 2. The molecule has 2 atom stereocenters. The Morgan fingerprint density at radius 3 is 2.52 bits per heavy atom. The van der Waals surface area contributed by atoms with Crippen molar-refractivity contribution < 1.29 is 24.9 Å². The molecule has 166 valence electrons. The highest BCUT2D eigenvalue weighted by atomic mass is 32.1. The molecule has 1 aromatic carbocycles. The molecule has 3 rings (SSSR count). The number of aryl methyl sites for hydroxylation is 1. The summed E-state index contributed by atoms with van der Waals surface area (Å²) < 4.78 is 0. The van der Waals surface area contributed by atoms with Gasteiger partial charge in [-0.25, -0.2) is 4.79 Å². The number of carboxylic acids is 1. The van der Waals surface area contributed by atoms with Gasteiger partial charge in [-0.2, -0.15) is 0 Å². The van der Waals surface area contributed by atoms with Gasteiger partial charge in [-0.05, 0) is 54.9 Å². The molecule has 0 spiro atoms. The van der Waals surface area contributed by atoms with Gasteiger partial charge >= 0.3 is 5.97 Å². The Kier molecular flexibility index (Phi) is 8.04. The summed E-state index contributed by atoms with van der Waals surface area (Å²) in [6.45, 7) is 2.13. The van der Waals surface area contributed by atoms with Crippen LogP contribution < -0.4 is 0 Å². The second-order valence-electron chi connectivity index (χ2n) is 8.18. The Morgan fingerprint density at radius 2 is 1.87 bits per heavy atom. The number of Topliss-reactive ketones (excluding diaryl/α,β-unsaturated/α-hetero) is 1. The number of hydrogen-bond donors (Lipinski definition) is 3. The number of carboxylic acid groups (broad SMARTS) is 1. The molecular formula is C25H30O5S. The standard InChI is InChI=1S/C25H30O5S/c1-2-3-4-8-20(26)16-9-11-17(12-10-16)23-18(15-21(27)24(23)28)6-5-7-19-13-14-22(31-19)25(29)30/h9-14,18,20,26,28H,2-8,15H2,1H3,(H,29,30). The lowest BCUT2D eigenvalue weighted by Gasteiger charge is -2.16. The summed E-state index contributed by atoms with van der Waals surface area (Å²) in [5, 5.41) is 29.8. The van der Waals surface area contributed by atoms with Gasteiger partial charge in [-0.15, -0.1) is 11.3 Å².